The van der Waals surface area contributed by atoms with Gasteiger partial charge in [0, 0.05) is 4.75 Å². The lowest BCUT2D eigenvalue weighted by molar-refractivity contribution is 0.403. The zero-order chi connectivity index (χ0) is 11.6. The Morgan fingerprint density at radius 3 is 2.33 bits per heavy atom. The molecule has 0 N–H and O–H groups in total. The Hall–Kier alpha value is -0.830. The molecule has 2 nitrogen and oxygen atoms in total. The zero-order valence-electron chi connectivity index (χ0n) is 9.96. The highest BCUT2D eigenvalue weighted by molar-refractivity contribution is 7.86. The molecule has 0 aliphatic heterocycles. The number of benzene rings is 1. The van der Waals surface area contributed by atoms with Crippen molar-refractivity contribution in [2.75, 3.05) is 7.11 Å². The van der Waals surface area contributed by atoms with E-state index in [1.54, 1.807) is 7.11 Å². The highest BCUT2D eigenvalue weighted by Crippen LogP contribution is 2.30. The molecule has 3 heteroatoms. The van der Waals surface area contributed by atoms with E-state index in [1.165, 1.54) is 0 Å². The normalized spacial score (nSPS) is 13.7. The Balaban J connectivity index is 3.30. The largest absolute Gasteiger partial charge is 0.495 e. The molecule has 1 atom stereocenters. The van der Waals surface area contributed by atoms with Crippen molar-refractivity contribution < 1.29 is 8.95 Å². The number of ether oxygens (including phenoxy) is 1. The van der Waals surface area contributed by atoms with Crippen molar-refractivity contribution in [3.05, 3.63) is 23.8 Å². The molecule has 0 unspecified atom stereocenters. The van der Waals surface area contributed by atoms with Crippen LogP contribution in [0.1, 0.15) is 26.3 Å². The van der Waals surface area contributed by atoms with Gasteiger partial charge in [-0.1, -0.05) is 12.1 Å². The quantitative estimate of drug-likeness (QED) is 0.775. The van der Waals surface area contributed by atoms with Gasteiger partial charge in [-0.2, -0.15) is 0 Å². The number of hydrogen-bond acceptors (Lipinski definition) is 2. The van der Waals surface area contributed by atoms with E-state index < -0.39 is 10.8 Å². The van der Waals surface area contributed by atoms with Crippen LogP contribution in [0, 0.1) is 6.92 Å². The van der Waals surface area contributed by atoms with Gasteiger partial charge in [0.25, 0.3) is 0 Å². The molecule has 0 saturated carbocycles. The lowest BCUT2D eigenvalue weighted by Gasteiger charge is -2.20. The van der Waals surface area contributed by atoms with Crippen LogP contribution < -0.4 is 4.74 Å². The van der Waals surface area contributed by atoms with E-state index in [0.29, 0.717) is 5.75 Å². The molecule has 0 aliphatic rings. The highest BCUT2D eigenvalue weighted by atomic mass is 32.2. The van der Waals surface area contributed by atoms with Crippen LogP contribution in [0.15, 0.2) is 23.1 Å². The van der Waals surface area contributed by atoms with Crippen molar-refractivity contribution in [3.63, 3.8) is 0 Å². The minimum Gasteiger partial charge on any atom is -0.495 e. The van der Waals surface area contributed by atoms with E-state index in [9.17, 15) is 4.21 Å². The number of aryl methyl sites for hydroxylation is 1. The fraction of sp³-hybridized carbons (Fsp3) is 0.500. The van der Waals surface area contributed by atoms with Gasteiger partial charge in [0.15, 0.2) is 0 Å². The molecule has 0 heterocycles. The molecule has 0 aromatic heterocycles. The molecule has 0 saturated heterocycles. The van der Waals surface area contributed by atoms with Gasteiger partial charge in [0.1, 0.15) is 5.75 Å². The zero-order valence-corrected chi connectivity index (χ0v) is 10.8. The van der Waals surface area contributed by atoms with E-state index in [0.717, 1.165) is 10.5 Å². The van der Waals surface area contributed by atoms with Crippen molar-refractivity contribution in [1.82, 2.24) is 0 Å². The maximum atomic E-state index is 12.3. The number of hydrogen-bond donors (Lipinski definition) is 0. The smallest absolute Gasteiger partial charge is 0.135 e. The van der Waals surface area contributed by atoms with Gasteiger partial charge in [-0.25, -0.2) is 0 Å². The molecule has 1 aromatic carbocycles. The Bertz CT molecular complexity index is 378. The maximum absolute atomic E-state index is 12.3. The molecular formula is C12H18O2S. The summed E-state index contributed by atoms with van der Waals surface area (Å²) in [6.07, 6.45) is 0. The van der Waals surface area contributed by atoms with Crippen LogP contribution in [0.4, 0.5) is 0 Å². The fourth-order valence-corrected chi connectivity index (χ4v) is 2.64. The molecule has 1 aromatic rings. The Labute approximate surface area is 94.1 Å². The summed E-state index contributed by atoms with van der Waals surface area (Å²) < 4.78 is 17.3. The van der Waals surface area contributed by atoms with Crippen molar-refractivity contribution in [3.8, 4) is 5.75 Å². The van der Waals surface area contributed by atoms with E-state index in [4.69, 9.17) is 4.74 Å². The summed E-state index contributed by atoms with van der Waals surface area (Å²) in [5, 5.41) is 0. The third kappa shape index (κ3) is 2.59. The monoisotopic (exact) mass is 226 g/mol. The summed E-state index contributed by atoms with van der Waals surface area (Å²) in [6, 6.07) is 5.73. The van der Waals surface area contributed by atoms with Crippen LogP contribution >= 0.6 is 0 Å². The molecule has 0 bridgehead atoms. The second kappa shape index (κ2) is 4.35. The minimum atomic E-state index is -1.05. The van der Waals surface area contributed by atoms with Gasteiger partial charge in [0.2, 0.25) is 0 Å². The summed E-state index contributed by atoms with van der Waals surface area (Å²) in [5.74, 6) is 0.711. The van der Waals surface area contributed by atoms with Gasteiger partial charge in [-0.15, -0.1) is 0 Å². The minimum absolute atomic E-state index is 0.264. The summed E-state index contributed by atoms with van der Waals surface area (Å²) in [4.78, 5) is 0.813. The van der Waals surface area contributed by atoms with E-state index in [2.05, 4.69) is 0 Å². The number of methoxy groups -OCH3 is 1. The van der Waals surface area contributed by atoms with Gasteiger partial charge >= 0.3 is 0 Å². The predicted octanol–water partition coefficient (Wildman–Crippen LogP) is 2.91. The summed E-state index contributed by atoms with van der Waals surface area (Å²) in [5.41, 5.74) is 1.02. The average Bonchev–Trinajstić information content (AvgIpc) is 2.15. The van der Waals surface area contributed by atoms with Crippen molar-refractivity contribution >= 4 is 10.8 Å². The van der Waals surface area contributed by atoms with E-state index in [1.807, 2.05) is 45.9 Å². The van der Waals surface area contributed by atoms with E-state index >= 15 is 0 Å². The van der Waals surface area contributed by atoms with Crippen LogP contribution in [-0.4, -0.2) is 16.1 Å². The van der Waals surface area contributed by atoms with E-state index in [-0.39, 0.29) is 4.75 Å². The van der Waals surface area contributed by atoms with Gasteiger partial charge in [-0.3, -0.25) is 4.21 Å². The molecule has 0 fully saturated rings. The Kier molecular flexibility index (Phi) is 3.55. The molecular weight excluding hydrogens is 208 g/mol. The van der Waals surface area contributed by atoms with Crippen LogP contribution in [0.25, 0.3) is 0 Å². The SMILES string of the molecule is COc1cccc(C)c1[S@@](=O)C(C)(C)C. The molecule has 0 spiro atoms. The Morgan fingerprint density at radius 1 is 1.27 bits per heavy atom. The second-order valence-corrected chi connectivity index (χ2v) is 6.66. The standard InChI is InChI=1S/C12H18O2S/c1-9-7-6-8-10(14-5)11(9)15(13)12(2,3)4/h6-8H,1-5H3/t15-/m1/s1. The van der Waals surface area contributed by atoms with Gasteiger partial charge in [-0.05, 0) is 39.3 Å². The maximum Gasteiger partial charge on any atom is 0.135 e. The predicted molar refractivity (Wildman–Crippen MR) is 63.9 cm³/mol. The van der Waals surface area contributed by atoms with Crippen LogP contribution in [0.3, 0.4) is 0 Å². The topological polar surface area (TPSA) is 26.3 Å². The first-order valence-corrected chi connectivity index (χ1v) is 6.08. The van der Waals surface area contributed by atoms with Crippen molar-refractivity contribution in [2.45, 2.75) is 37.3 Å². The van der Waals surface area contributed by atoms with Crippen molar-refractivity contribution in [1.29, 1.82) is 0 Å². The molecule has 0 aliphatic carbocycles. The molecule has 0 amide bonds. The van der Waals surface area contributed by atoms with Crippen LogP contribution in [-0.2, 0) is 10.8 Å². The second-order valence-electron chi connectivity index (χ2n) is 4.49. The first-order chi connectivity index (χ1) is 6.88. The first-order valence-electron chi connectivity index (χ1n) is 4.93. The average molecular weight is 226 g/mol. The van der Waals surface area contributed by atoms with Crippen molar-refractivity contribution in [2.24, 2.45) is 0 Å². The summed E-state index contributed by atoms with van der Waals surface area (Å²) in [6.45, 7) is 7.86. The highest BCUT2D eigenvalue weighted by Gasteiger charge is 2.25. The lowest BCUT2D eigenvalue weighted by atomic mass is 10.2. The third-order valence-electron chi connectivity index (χ3n) is 2.14. The van der Waals surface area contributed by atoms with Crippen LogP contribution in [0.2, 0.25) is 0 Å². The summed E-state index contributed by atoms with van der Waals surface area (Å²) in [7, 11) is 0.561. The molecule has 0 radical (unpaired) electrons. The Morgan fingerprint density at radius 2 is 1.87 bits per heavy atom. The fourth-order valence-electron chi connectivity index (χ4n) is 1.33. The first kappa shape index (κ1) is 12.2. The summed E-state index contributed by atoms with van der Waals surface area (Å²) >= 11 is 0. The molecule has 1 rings (SSSR count). The van der Waals surface area contributed by atoms with Crippen LogP contribution in [0.5, 0.6) is 5.75 Å². The third-order valence-corrected chi connectivity index (χ3v) is 4.14. The number of rotatable bonds is 2. The molecule has 84 valence electrons. The lowest BCUT2D eigenvalue weighted by Crippen LogP contribution is -2.22. The van der Waals surface area contributed by atoms with Gasteiger partial charge < -0.3 is 4.74 Å². The van der Waals surface area contributed by atoms with Gasteiger partial charge in [0.05, 0.1) is 22.8 Å². The molecule has 15 heavy (non-hydrogen) atoms.